The maximum absolute atomic E-state index is 7.37. The van der Waals surface area contributed by atoms with Crippen LogP contribution in [0.1, 0.15) is 19.7 Å². The quantitative estimate of drug-likeness (QED) is 0.552. The molecule has 1 atom stereocenters. The third-order valence-electron chi connectivity index (χ3n) is 2.49. The Bertz CT molecular complexity index is 324. The van der Waals surface area contributed by atoms with Gasteiger partial charge in [0, 0.05) is 24.9 Å². The smallest absolute Gasteiger partial charge is 0.142 e. The van der Waals surface area contributed by atoms with Crippen molar-refractivity contribution in [3.8, 4) is 0 Å². The highest BCUT2D eigenvalue weighted by Crippen LogP contribution is 2.03. The summed E-state index contributed by atoms with van der Waals surface area (Å²) in [5.41, 5.74) is 5.46. The number of rotatable bonds is 6. The van der Waals surface area contributed by atoms with Gasteiger partial charge in [-0.05, 0) is 12.6 Å². The highest BCUT2D eigenvalue weighted by Gasteiger charge is 2.12. The Kier molecular flexibility index (Phi) is 4.85. The summed E-state index contributed by atoms with van der Waals surface area (Å²) in [6, 6.07) is 1.80. The van der Waals surface area contributed by atoms with Gasteiger partial charge >= 0.3 is 0 Å². The Hall–Kier alpha value is -1.49. The number of nitrogens with zero attached hydrogens (tertiary/aromatic N) is 3. The highest BCUT2D eigenvalue weighted by molar-refractivity contribution is 5.79. The van der Waals surface area contributed by atoms with Crippen molar-refractivity contribution in [2.24, 2.45) is 11.7 Å². The Labute approximate surface area is 96.2 Å². The van der Waals surface area contributed by atoms with Crippen molar-refractivity contribution in [3.05, 3.63) is 24.3 Å². The van der Waals surface area contributed by atoms with Crippen LogP contribution in [0.15, 0.2) is 18.5 Å². The van der Waals surface area contributed by atoms with E-state index >= 15 is 0 Å². The van der Waals surface area contributed by atoms with Gasteiger partial charge in [0.2, 0.25) is 0 Å². The molecule has 1 aromatic rings. The summed E-state index contributed by atoms with van der Waals surface area (Å²) < 4.78 is 0. The molecule has 5 nitrogen and oxygen atoms in total. The molecule has 0 spiro atoms. The molecular formula is C11H19N5. The predicted molar refractivity (Wildman–Crippen MR) is 64.1 cm³/mol. The standard InChI is InChI=1S/C11H19N5/c1-3-16(7-9(2)11(12)13)8-10-14-5-4-6-15-10/h4-6,9H,3,7-8H2,1-2H3,(H3,12,13). The first-order chi connectivity index (χ1) is 7.63. The molecule has 1 unspecified atom stereocenters. The van der Waals surface area contributed by atoms with Crippen molar-refractivity contribution in [2.75, 3.05) is 13.1 Å². The molecule has 0 radical (unpaired) electrons. The van der Waals surface area contributed by atoms with E-state index < -0.39 is 0 Å². The molecule has 1 aromatic heterocycles. The maximum atomic E-state index is 7.37. The number of hydrogen-bond acceptors (Lipinski definition) is 4. The fourth-order valence-corrected chi connectivity index (χ4v) is 1.40. The molecule has 0 fully saturated rings. The van der Waals surface area contributed by atoms with Gasteiger partial charge in [-0.1, -0.05) is 13.8 Å². The second kappa shape index (κ2) is 6.17. The van der Waals surface area contributed by atoms with E-state index in [4.69, 9.17) is 11.1 Å². The highest BCUT2D eigenvalue weighted by atomic mass is 15.1. The molecule has 0 amide bonds. The Morgan fingerprint density at radius 3 is 2.62 bits per heavy atom. The Balaban J connectivity index is 2.53. The largest absolute Gasteiger partial charge is 0.387 e. The molecule has 0 aliphatic heterocycles. The molecule has 5 heteroatoms. The van der Waals surface area contributed by atoms with Gasteiger partial charge in [0.25, 0.3) is 0 Å². The molecule has 1 rings (SSSR count). The summed E-state index contributed by atoms with van der Waals surface area (Å²) in [6.45, 7) is 6.40. The van der Waals surface area contributed by atoms with Gasteiger partial charge in [0.15, 0.2) is 0 Å². The van der Waals surface area contributed by atoms with Crippen molar-refractivity contribution in [2.45, 2.75) is 20.4 Å². The third-order valence-corrected chi connectivity index (χ3v) is 2.49. The first-order valence-electron chi connectivity index (χ1n) is 5.45. The number of nitrogens with two attached hydrogens (primary N) is 1. The predicted octanol–water partition coefficient (Wildman–Crippen LogP) is 0.871. The van der Waals surface area contributed by atoms with Crippen molar-refractivity contribution in [3.63, 3.8) is 0 Å². The molecule has 0 aliphatic rings. The number of amidine groups is 1. The van der Waals surface area contributed by atoms with Gasteiger partial charge < -0.3 is 5.73 Å². The molecular weight excluding hydrogens is 202 g/mol. The Morgan fingerprint density at radius 2 is 2.12 bits per heavy atom. The van der Waals surface area contributed by atoms with Crippen LogP contribution in [0.2, 0.25) is 0 Å². The molecule has 0 aliphatic carbocycles. The van der Waals surface area contributed by atoms with Gasteiger partial charge in [-0.15, -0.1) is 0 Å². The summed E-state index contributed by atoms with van der Waals surface area (Å²) in [6.07, 6.45) is 3.48. The van der Waals surface area contributed by atoms with Crippen LogP contribution in [0, 0.1) is 11.3 Å². The van der Waals surface area contributed by atoms with E-state index in [1.54, 1.807) is 18.5 Å². The fourth-order valence-electron chi connectivity index (χ4n) is 1.40. The first-order valence-corrected chi connectivity index (χ1v) is 5.45. The topological polar surface area (TPSA) is 78.9 Å². The maximum Gasteiger partial charge on any atom is 0.142 e. The van der Waals surface area contributed by atoms with E-state index in [2.05, 4.69) is 21.8 Å². The normalized spacial score (nSPS) is 12.7. The minimum atomic E-state index is 0.0728. The summed E-state index contributed by atoms with van der Waals surface area (Å²) in [5, 5.41) is 7.37. The van der Waals surface area contributed by atoms with Gasteiger partial charge in [0.1, 0.15) is 5.82 Å². The van der Waals surface area contributed by atoms with E-state index in [-0.39, 0.29) is 11.8 Å². The lowest BCUT2D eigenvalue weighted by atomic mass is 10.1. The van der Waals surface area contributed by atoms with Gasteiger partial charge in [-0.25, -0.2) is 9.97 Å². The van der Waals surface area contributed by atoms with Crippen LogP contribution in [0.25, 0.3) is 0 Å². The van der Waals surface area contributed by atoms with Crippen LogP contribution >= 0.6 is 0 Å². The Morgan fingerprint density at radius 1 is 1.50 bits per heavy atom. The number of nitrogens with one attached hydrogen (secondary N) is 1. The molecule has 16 heavy (non-hydrogen) atoms. The molecule has 0 aromatic carbocycles. The lowest BCUT2D eigenvalue weighted by molar-refractivity contribution is 0.256. The number of aromatic nitrogens is 2. The first kappa shape index (κ1) is 12.6. The molecule has 1 heterocycles. The minimum absolute atomic E-state index is 0.0728. The summed E-state index contributed by atoms with van der Waals surface area (Å²) >= 11 is 0. The van der Waals surface area contributed by atoms with Crippen LogP contribution in [0.4, 0.5) is 0 Å². The van der Waals surface area contributed by atoms with E-state index in [1.807, 2.05) is 6.92 Å². The third kappa shape index (κ3) is 3.94. The lowest BCUT2D eigenvalue weighted by Gasteiger charge is -2.22. The van der Waals surface area contributed by atoms with Crippen molar-refractivity contribution in [1.82, 2.24) is 14.9 Å². The van der Waals surface area contributed by atoms with Gasteiger partial charge in [-0.3, -0.25) is 10.3 Å². The summed E-state index contributed by atoms with van der Waals surface area (Å²) in [7, 11) is 0. The molecule has 3 N–H and O–H groups in total. The zero-order valence-electron chi connectivity index (χ0n) is 9.85. The second-order valence-corrected chi connectivity index (χ2v) is 3.85. The van der Waals surface area contributed by atoms with Gasteiger partial charge in [-0.2, -0.15) is 0 Å². The van der Waals surface area contributed by atoms with Crippen LogP contribution in [-0.2, 0) is 6.54 Å². The molecule has 0 bridgehead atoms. The van der Waals surface area contributed by atoms with E-state index in [0.717, 1.165) is 18.9 Å². The molecule has 0 saturated carbocycles. The average Bonchev–Trinajstić information content (AvgIpc) is 2.29. The van der Waals surface area contributed by atoms with E-state index in [1.165, 1.54) is 0 Å². The van der Waals surface area contributed by atoms with Crippen molar-refractivity contribution < 1.29 is 0 Å². The summed E-state index contributed by atoms with van der Waals surface area (Å²) in [5.74, 6) is 1.11. The summed E-state index contributed by atoms with van der Waals surface area (Å²) in [4.78, 5) is 10.5. The SMILES string of the molecule is CCN(Cc1ncccn1)CC(C)C(=N)N. The van der Waals surface area contributed by atoms with Crippen molar-refractivity contribution in [1.29, 1.82) is 5.41 Å². The number of hydrogen-bond donors (Lipinski definition) is 2. The van der Waals surface area contributed by atoms with Gasteiger partial charge in [0.05, 0.1) is 12.4 Å². The minimum Gasteiger partial charge on any atom is -0.387 e. The zero-order valence-corrected chi connectivity index (χ0v) is 9.85. The second-order valence-electron chi connectivity index (χ2n) is 3.85. The molecule has 88 valence electrons. The van der Waals surface area contributed by atoms with Crippen LogP contribution in [0.5, 0.6) is 0 Å². The average molecular weight is 221 g/mol. The van der Waals surface area contributed by atoms with Crippen LogP contribution < -0.4 is 5.73 Å². The lowest BCUT2D eigenvalue weighted by Crippen LogP contribution is -2.34. The zero-order chi connectivity index (χ0) is 12.0. The van der Waals surface area contributed by atoms with Crippen molar-refractivity contribution >= 4 is 5.84 Å². The van der Waals surface area contributed by atoms with E-state index in [9.17, 15) is 0 Å². The fraction of sp³-hybridized carbons (Fsp3) is 0.545. The molecule has 0 saturated heterocycles. The monoisotopic (exact) mass is 221 g/mol. The van der Waals surface area contributed by atoms with Crippen LogP contribution in [-0.4, -0.2) is 33.8 Å². The van der Waals surface area contributed by atoms with Crippen LogP contribution in [0.3, 0.4) is 0 Å². The van der Waals surface area contributed by atoms with E-state index in [0.29, 0.717) is 6.54 Å².